The van der Waals surface area contributed by atoms with Crippen molar-refractivity contribution in [3.63, 3.8) is 0 Å². The summed E-state index contributed by atoms with van der Waals surface area (Å²) in [5, 5.41) is 15.3. The molecule has 1 N–H and O–H groups in total. The molecule has 0 bridgehead atoms. The molecule has 3 aromatic carbocycles. The van der Waals surface area contributed by atoms with Crippen molar-refractivity contribution in [3.8, 4) is 22.5 Å². The highest BCUT2D eigenvalue weighted by Crippen LogP contribution is 2.25. The first-order valence-electron chi connectivity index (χ1n) is 9.64. The van der Waals surface area contributed by atoms with Gasteiger partial charge in [0.1, 0.15) is 0 Å². The van der Waals surface area contributed by atoms with Crippen LogP contribution in [-0.2, 0) is 0 Å². The van der Waals surface area contributed by atoms with Gasteiger partial charge in [-0.25, -0.2) is 15.4 Å². The van der Waals surface area contributed by atoms with Crippen LogP contribution in [0.4, 0.5) is 11.6 Å². The van der Waals surface area contributed by atoms with Crippen LogP contribution in [0.2, 0.25) is 0 Å². The number of benzene rings is 3. The molecule has 0 aliphatic heterocycles. The number of rotatable bonds is 6. The zero-order chi connectivity index (χ0) is 21.6. The summed E-state index contributed by atoms with van der Waals surface area (Å²) in [6.07, 6.45) is 1.39. The lowest BCUT2D eigenvalue weighted by Crippen LogP contribution is -2.01. The van der Waals surface area contributed by atoms with Crippen LogP contribution in [0.5, 0.6) is 0 Å². The molecule has 0 saturated carbocycles. The molecule has 1 aromatic heterocycles. The number of aromatic nitrogens is 2. The van der Waals surface area contributed by atoms with Gasteiger partial charge < -0.3 is 0 Å². The van der Waals surface area contributed by atoms with E-state index in [1.165, 1.54) is 12.3 Å². The van der Waals surface area contributed by atoms with Crippen molar-refractivity contribution in [2.24, 2.45) is 5.10 Å². The van der Waals surface area contributed by atoms with Gasteiger partial charge in [0.15, 0.2) is 0 Å². The molecule has 7 nitrogen and oxygen atoms in total. The van der Waals surface area contributed by atoms with Gasteiger partial charge in [-0.05, 0) is 19.1 Å². The van der Waals surface area contributed by atoms with Gasteiger partial charge in [0, 0.05) is 17.2 Å². The van der Waals surface area contributed by atoms with Gasteiger partial charge in [-0.15, -0.1) is 0 Å². The first-order chi connectivity index (χ1) is 15.1. The molecule has 0 fully saturated rings. The molecule has 4 rings (SSSR count). The fourth-order valence-electron chi connectivity index (χ4n) is 3.05. The fraction of sp³-hybridized carbons (Fsp3) is 0.0417. The highest BCUT2D eigenvalue weighted by molar-refractivity contribution is 5.85. The number of hydrazone groups is 1. The Morgan fingerprint density at radius 3 is 2.16 bits per heavy atom. The molecule has 4 aromatic rings. The summed E-state index contributed by atoms with van der Waals surface area (Å²) in [6.45, 7) is 2.03. The van der Waals surface area contributed by atoms with Gasteiger partial charge in [0.2, 0.25) is 5.95 Å². The van der Waals surface area contributed by atoms with Crippen LogP contribution in [0.25, 0.3) is 22.5 Å². The van der Waals surface area contributed by atoms with E-state index >= 15 is 0 Å². The summed E-state index contributed by atoms with van der Waals surface area (Å²) < 4.78 is 0. The van der Waals surface area contributed by atoms with E-state index in [0.717, 1.165) is 28.1 Å². The molecule has 0 amide bonds. The van der Waals surface area contributed by atoms with Gasteiger partial charge in [0.05, 0.1) is 28.1 Å². The van der Waals surface area contributed by atoms with E-state index in [-0.39, 0.29) is 5.69 Å². The van der Waals surface area contributed by atoms with Crippen molar-refractivity contribution in [3.05, 3.63) is 106 Å². The largest absolute Gasteiger partial charge is 0.278 e. The van der Waals surface area contributed by atoms with Crippen LogP contribution < -0.4 is 5.43 Å². The van der Waals surface area contributed by atoms with Crippen LogP contribution in [0.3, 0.4) is 0 Å². The van der Waals surface area contributed by atoms with E-state index in [1.54, 1.807) is 18.2 Å². The predicted octanol–water partition coefficient (Wildman–Crippen LogP) is 5.47. The summed E-state index contributed by atoms with van der Waals surface area (Å²) in [5.41, 5.74) is 7.74. The van der Waals surface area contributed by atoms with E-state index in [2.05, 4.69) is 20.5 Å². The minimum absolute atomic E-state index is 0.0210. The average Bonchev–Trinajstić information content (AvgIpc) is 2.80. The average molecular weight is 409 g/mol. The van der Waals surface area contributed by atoms with Crippen LogP contribution in [0.1, 0.15) is 11.1 Å². The minimum Gasteiger partial charge on any atom is -0.258 e. The molecule has 0 aliphatic rings. The number of hydrogen-bond acceptors (Lipinski definition) is 6. The maximum absolute atomic E-state index is 11.2. The van der Waals surface area contributed by atoms with Crippen molar-refractivity contribution in [1.82, 2.24) is 9.97 Å². The SMILES string of the molecule is Cc1ccc(-c2cc(-c3ccccc3)nc(N/N=C/c3ccccc3[N+](=O)[O-])n2)cc1. The molecule has 31 heavy (non-hydrogen) atoms. The third kappa shape index (κ3) is 4.79. The molecular weight excluding hydrogens is 390 g/mol. The molecule has 0 radical (unpaired) electrons. The Hall–Kier alpha value is -4.39. The summed E-state index contributed by atoms with van der Waals surface area (Å²) in [5.74, 6) is 0.298. The summed E-state index contributed by atoms with van der Waals surface area (Å²) in [4.78, 5) is 19.9. The molecule has 0 saturated heterocycles. The number of nitrogens with zero attached hydrogens (tertiary/aromatic N) is 4. The topological polar surface area (TPSA) is 93.3 Å². The van der Waals surface area contributed by atoms with Gasteiger partial charge in [-0.2, -0.15) is 5.10 Å². The van der Waals surface area contributed by atoms with Crippen LogP contribution in [-0.4, -0.2) is 21.1 Å². The van der Waals surface area contributed by atoms with Crippen LogP contribution >= 0.6 is 0 Å². The van der Waals surface area contributed by atoms with Gasteiger partial charge in [-0.1, -0.05) is 72.3 Å². The molecule has 1 heterocycles. The zero-order valence-corrected chi connectivity index (χ0v) is 16.8. The highest BCUT2D eigenvalue weighted by Gasteiger charge is 2.11. The molecule has 0 aliphatic carbocycles. The maximum Gasteiger partial charge on any atom is 0.278 e. The van der Waals surface area contributed by atoms with Crippen molar-refractivity contribution >= 4 is 17.9 Å². The third-order valence-electron chi connectivity index (χ3n) is 4.64. The zero-order valence-electron chi connectivity index (χ0n) is 16.8. The van der Waals surface area contributed by atoms with Crippen molar-refractivity contribution in [1.29, 1.82) is 0 Å². The van der Waals surface area contributed by atoms with Gasteiger partial charge >= 0.3 is 0 Å². The van der Waals surface area contributed by atoms with Crippen LogP contribution in [0.15, 0.2) is 90.0 Å². The van der Waals surface area contributed by atoms with E-state index in [4.69, 9.17) is 0 Å². The van der Waals surface area contributed by atoms with Crippen LogP contribution in [0, 0.1) is 17.0 Å². The van der Waals surface area contributed by atoms with E-state index in [0.29, 0.717) is 11.5 Å². The first-order valence-corrected chi connectivity index (χ1v) is 9.64. The Bertz CT molecular complexity index is 1240. The Morgan fingerprint density at radius 2 is 1.48 bits per heavy atom. The monoisotopic (exact) mass is 409 g/mol. The molecule has 0 atom stereocenters. The maximum atomic E-state index is 11.2. The predicted molar refractivity (Wildman–Crippen MR) is 122 cm³/mol. The molecule has 0 spiro atoms. The number of nitro benzene ring substituents is 1. The summed E-state index contributed by atoms with van der Waals surface area (Å²) in [6, 6.07) is 26.2. The minimum atomic E-state index is -0.441. The van der Waals surface area contributed by atoms with Crippen molar-refractivity contribution < 1.29 is 4.92 Å². The molecule has 152 valence electrons. The van der Waals surface area contributed by atoms with Gasteiger partial charge in [-0.3, -0.25) is 10.1 Å². The second-order valence-corrected chi connectivity index (χ2v) is 6.88. The smallest absolute Gasteiger partial charge is 0.258 e. The Labute approximate surface area is 179 Å². The lowest BCUT2D eigenvalue weighted by atomic mass is 10.1. The quantitative estimate of drug-likeness (QED) is 0.259. The number of para-hydroxylation sites is 1. The first kappa shape index (κ1) is 19.9. The lowest BCUT2D eigenvalue weighted by molar-refractivity contribution is -0.385. The highest BCUT2D eigenvalue weighted by atomic mass is 16.6. The second kappa shape index (κ2) is 8.96. The molecular formula is C24H19N5O2. The van der Waals surface area contributed by atoms with E-state index in [1.807, 2.05) is 67.6 Å². The Kier molecular flexibility index (Phi) is 5.75. The standard InChI is InChI=1S/C24H19N5O2/c1-17-11-13-19(14-12-17)22-15-21(18-7-3-2-4-8-18)26-24(27-22)28-25-16-20-9-5-6-10-23(20)29(30)31/h2-16H,1H3,(H,26,27,28)/b25-16+. The summed E-state index contributed by atoms with van der Waals surface area (Å²) in [7, 11) is 0. The molecule has 7 heteroatoms. The van der Waals surface area contributed by atoms with Gasteiger partial charge in [0.25, 0.3) is 5.69 Å². The summed E-state index contributed by atoms with van der Waals surface area (Å²) >= 11 is 0. The normalized spacial score (nSPS) is 10.9. The Balaban J connectivity index is 1.69. The Morgan fingerprint density at radius 1 is 0.871 bits per heavy atom. The lowest BCUT2D eigenvalue weighted by Gasteiger charge is -2.08. The number of nitrogens with one attached hydrogen (secondary N) is 1. The second-order valence-electron chi connectivity index (χ2n) is 6.88. The van der Waals surface area contributed by atoms with Crippen molar-refractivity contribution in [2.45, 2.75) is 6.92 Å². The molecule has 0 unspecified atom stereocenters. The number of nitro groups is 1. The third-order valence-corrected chi connectivity index (χ3v) is 4.64. The van der Waals surface area contributed by atoms with Crippen molar-refractivity contribution in [2.75, 3.05) is 5.43 Å². The van der Waals surface area contributed by atoms with E-state index in [9.17, 15) is 10.1 Å². The fourth-order valence-corrected chi connectivity index (χ4v) is 3.05. The van der Waals surface area contributed by atoms with E-state index < -0.39 is 4.92 Å². The number of anilines is 1. The number of aryl methyl sites for hydroxylation is 1. The number of hydrogen-bond donors (Lipinski definition) is 1.